The molecule has 1 saturated heterocycles. The number of carbonyl (C=O) groups excluding carboxylic acids is 2. The van der Waals surface area contributed by atoms with Gasteiger partial charge in [-0.2, -0.15) is 5.10 Å². The number of nitrogens with zero attached hydrogens (tertiary/aromatic N) is 3. The van der Waals surface area contributed by atoms with E-state index >= 15 is 0 Å². The summed E-state index contributed by atoms with van der Waals surface area (Å²) < 4.78 is 4.78. The molecule has 1 fully saturated rings. The van der Waals surface area contributed by atoms with Crippen LogP contribution in [0, 0.1) is 10.1 Å². The van der Waals surface area contributed by atoms with E-state index in [1.54, 1.807) is 0 Å². The van der Waals surface area contributed by atoms with E-state index in [9.17, 15) is 19.7 Å². The summed E-state index contributed by atoms with van der Waals surface area (Å²) in [6.45, 7) is -0.182. The predicted molar refractivity (Wildman–Crippen MR) is 53.2 cm³/mol. The quantitative estimate of drug-likeness (QED) is 0.205. The summed E-state index contributed by atoms with van der Waals surface area (Å²) in [7, 11) is 0. The molecule has 1 aliphatic heterocycles. The number of hydrogen-bond donors (Lipinski definition) is 1. The van der Waals surface area contributed by atoms with Crippen LogP contribution in [-0.4, -0.2) is 34.6 Å². The Labute approximate surface area is 122 Å². The molecule has 1 N–H and O–H groups in total. The van der Waals surface area contributed by atoms with Gasteiger partial charge in [-0.15, -0.1) is 0 Å². The zero-order valence-corrected chi connectivity index (χ0v) is 11.3. The molecule has 1 aromatic rings. The topological polar surface area (TPSA) is 118 Å². The van der Waals surface area contributed by atoms with Crippen molar-refractivity contribution >= 4 is 24.0 Å². The summed E-state index contributed by atoms with van der Waals surface area (Å²) in [5, 5.41) is 16.9. The Bertz CT molecular complexity index is 525. The summed E-state index contributed by atoms with van der Waals surface area (Å²) in [5.74, 6) is -0.769. The molecule has 0 aliphatic carbocycles. The first-order valence-corrected chi connectivity index (χ1v) is 4.46. The summed E-state index contributed by atoms with van der Waals surface area (Å²) in [4.78, 5) is 31.5. The van der Waals surface area contributed by atoms with E-state index in [2.05, 4.69) is 5.10 Å². The molecule has 0 spiro atoms. The molecule has 2 rings (SSSR count). The van der Waals surface area contributed by atoms with Gasteiger partial charge in [0.1, 0.15) is 11.5 Å². The monoisotopic (exact) mass is 261 g/mol. The average molecular weight is 261 g/mol. The van der Waals surface area contributed by atoms with E-state index in [0.29, 0.717) is 0 Å². The number of urea groups is 1. The van der Waals surface area contributed by atoms with Crippen molar-refractivity contribution < 1.29 is 48.5 Å². The summed E-state index contributed by atoms with van der Waals surface area (Å²) in [6, 6.07) is 1.85. The van der Waals surface area contributed by atoms with Crippen LogP contribution in [0.15, 0.2) is 21.7 Å². The Balaban J connectivity index is 0.00000162. The molecule has 0 unspecified atom stereocenters. The van der Waals surface area contributed by atoms with Gasteiger partial charge in [0.15, 0.2) is 5.76 Å². The Morgan fingerprint density at radius 3 is 2.72 bits per heavy atom. The molecule has 2 heterocycles. The summed E-state index contributed by atoms with van der Waals surface area (Å²) >= 11 is 0. The van der Waals surface area contributed by atoms with Gasteiger partial charge in [0, 0.05) is 0 Å². The normalized spacial score (nSPS) is 14.8. The second-order valence-electron chi connectivity index (χ2n) is 3.09. The van der Waals surface area contributed by atoms with Gasteiger partial charge in [0.05, 0.1) is 12.3 Å². The van der Waals surface area contributed by atoms with E-state index in [1.807, 2.05) is 5.32 Å². The van der Waals surface area contributed by atoms with Gasteiger partial charge in [-0.05, 0) is 6.07 Å². The first kappa shape index (κ1) is 14.4. The molecule has 0 atom stereocenters. The number of rotatable bonds is 3. The molecule has 10 heteroatoms. The number of amides is 3. The third-order valence-corrected chi connectivity index (χ3v) is 1.89. The number of nitro groups is 1. The molecule has 0 aromatic carbocycles. The van der Waals surface area contributed by atoms with Crippen molar-refractivity contribution in [2.75, 3.05) is 6.54 Å². The van der Waals surface area contributed by atoms with Crippen LogP contribution in [0.4, 0.5) is 10.7 Å². The van der Waals surface area contributed by atoms with Crippen LogP contribution in [0.3, 0.4) is 0 Å². The van der Waals surface area contributed by atoms with E-state index in [0.717, 1.165) is 17.3 Å². The molecule has 1 aromatic heterocycles. The maximum Gasteiger partial charge on any atom is 1.00 e. The smallest absolute Gasteiger partial charge is 0.400 e. The second kappa shape index (κ2) is 5.76. The van der Waals surface area contributed by atoms with E-state index in [4.69, 9.17) is 4.42 Å². The third kappa shape index (κ3) is 3.15. The molecule has 0 radical (unpaired) electrons. The summed E-state index contributed by atoms with van der Waals surface area (Å²) in [5.41, 5.74) is 0. The average Bonchev–Trinajstić information content (AvgIpc) is 2.82. The van der Waals surface area contributed by atoms with Crippen molar-refractivity contribution in [3.05, 3.63) is 28.0 Å². The largest absolute Gasteiger partial charge is 1.00 e. The molecule has 3 amide bonds. The number of furan rings is 1. The fourth-order valence-electron chi connectivity index (χ4n) is 1.16. The molecule has 9 nitrogen and oxygen atoms in total. The van der Waals surface area contributed by atoms with Crippen LogP contribution in [0.1, 0.15) is 5.76 Å². The molecular formula is C8H6N4NaO5+. The third-order valence-electron chi connectivity index (χ3n) is 1.89. The SMILES string of the molecule is O=C1CN(/N=C/c2ccc([N+](=O)[O-])o2)C(=O)N1.[Na+]. The maximum absolute atomic E-state index is 11.1. The van der Waals surface area contributed by atoms with Crippen LogP contribution in [0.5, 0.6) is 0 Å². The molecule has 0 bridgehead atoms. The number of nitrogens with one attached hydrogen (secondary N) is 1. The van der Waals surface area contributed by atoms with Crippen LogP contribution in [-0.2, 0) is 4.79 Å². The van der Waals surface area contributed by atoms with Gasteiger partial charge in [0.2, 0.25) is 5.91 Å². The fraction of sp³-hybridized carbons (Fsp3) is 0.125. The van der Waals surface area contributed by atoms with Gasteiger partial charge < -0.3 is 4.42 Å². The van der Waals surface area contributed by atoms with E-state index in [-0.39, 0.29) is 41.9 Å². The van der Waals surface area contributed by atoms with Gasteiger partial charge in [0.25, 0.3) is 0 Å². The first-order valence-electron chi connectivity index (χ1n) is 4.46. The van der Waals surface area contributed by atoms with Crippen molar-refractivity contribution in [1.29, 1.82) is 0 Å². The standard InChI is InChI=1S/C8H6N4O5.Na/c13-6-4-11(8(14)10-6)9-3-5-1-2-7(17-5)12(15)16;/h1-3H,4H2,(H,10,13,14);/q;+1/b9-3+;. The Morgan fingerprint density at radius 1 is 1.50 bits per heavy atom. The number of hydrazone groups is 1. The number of carbonyl (C=O) groups is 2. The zero-order chi connectivity index (χ0) is 12.4. The van der Waals surface area contributed by atoms with Crippen LogP contribution in [0.2, 0.25) is 0 Å². The predicted octanol–water partition coefficient (Wildman–Crippen LogP) is -2.92. The minimum Gasteiger partial charge on any atom is -0.400 e. The Morgan fingerprint density at radius 2 is 2.22 bits per heavy atom. The number of hydrogen-bond acceptors (Lipinski definition) is 6. The van der Waals surface area contributed by atoms with Gasteiger partial charge in [-0.25, -0.2) is 9.80 Å². The van der Waals surface area contributed by atoms with Crippen molar-refractivity contribution in [2.45, 2.75) is 0 Å². The van der Waals surface area contributed by atoms with Crippen molar-refractivity contribution in [3.8, 4) is 0 Å². The molecule has 88 valence electrons. The second-order valence-corrected chi connectivity index (χ2v) is 3.09. The minimum absolute atomic E-state index is 0. The summed E-state index contributed by atoms with van der Waals surface area (Å²) in [6.07, 6.45) is 1.12. The van der Waals surface area contributed by atoms with Crippen molar-refractivity contribution in [3.63, 3.8) is 0 Å². The molecular weight excluding hydrogens is 255 g/mol. The molecule has 1 aliphatic rings. The van der Waals surface area contributed by atoms with Gasteiger partial charge >= 0.3 is 41.5 Å². The van der Waals surface area contributed by atoms with Gasteiger partial charge in [-0.1, -0.05) is 0 Å². The molecule has 0 saturated carbocycles. The van der Waals surface area contributed by atoms with Gasteiger partial charge in [-0.3, -0.25) is 20.2 Å². The first-order chi connectivity index (χ1) is 8.06. The van der Waals surface area contributed by atoms with Crippen LogP contribution >= 0.6 is 0 Å². The Kier molecular flexibility index (Phi) is 4.59. The van der Waals surface area contributed by atoms with E-state index in [1.165, 1.54) is 6.07 Å². The van der Waals surface area contributed by atoms with Crippen LogP contribution < -0.4 is 34.9 Å². The van der Waals surface area contributed by atoms with E-state index < -0.39 is 22.7 Å². The molecule has 18 heavy (non-hydrogen) atoms. The zero-order valence-electron chi connectivity index (χ0n) is 9.32. The maximum atomic E-state index is 11.1. The van der Waals surface area contributed by atoms with Crippen LogP contribution in [0.25, 0.3) is 0 Å². The fourth-order valence-corrected chi connectivity index (χ4v) is 1.16. The minimum atomic E-state index is -0.691. The van der Waals surface area contributed by atoms with Crippen molar-refractivity contribution in [1.82, 2.24) is 10.3 Å². The Hall–Kier alpha value is -1.71. The van der Waals surface area contributed by atoms with Crippen molar-refractivity contribution in [2.24, 2.45) is 5.10 Å². The number of imide groups is 1.